The zero-order valence-electron chi connectivity index (χ0n) is 13.7. The number of amides is 2. The number of carbonyl (C=O) groups excluding carboxylic acids is 2. The highest BCUT2D eigenvalue weighted by molar-refractivity contribution is 5.95. The Labute approximate surface area is 141 Å². The van der Waals surface area contributed by atoms with Crippen molar-refractivity contribution in [2.75, 3.05) is 6.54 Å². The largest absolute Gasteiger partial charge is 0.349 e. The minimum atomic E-state index is -0.0199. The van der Waals surface area contributed by atoms with Crippen LogP contribution < -0.4 is 5.32 Å². The fourth-order valence-electron chi connectivity index (χ4n) is 4.05. The maximum absolute atomic E-state index is 12.7. The second-order valence-electron chi connectivity index (χ2n) is 6.79. The maximum atomic E-state index is 12.7. The summed E-state index contributed by atoms with van der Waals surface area (Å²) in [5.74, 6) is 0.433. The molecule has 5 nitrogen and oxygen atoms in total. The van der Waals surface area contributed by atoms with Gasteiger partial charge >= 0.3 is 0 Å². The lowest BCUT2D eigenvalue weighted by Crippen LogP contribution is -2.48. The first kappa shape index (κ1) is 15.0. The van der Waals surface area contributed by atoms with Gasteiger partial charge in [-0.15, -0.1) is 0 Å². The van der Waals surface area contributed by atoms with Gasteiger partial charge in [-0.2, -0.15) is 0 Å². The predicted molar refractivity (Wildman–Crippen MR) is 90.7 cm³/mol. The molecule has 5 heteroatoms. The normalized spacial score (nSPS) is 25.0. The van der Waals surface area contributed by atoms with Gasteiger partial charge in [0.25, 0.3) is 11.8 Å². The van der Waals surface area contributed by atoms with E-state index in [0.717, 1.165) is 25.1 Å². The second kappa shape index (κ2) is 5.82. The van der Waals surface area contributed by atoms with Gasteiger partial charge in [0.1, 0.15) is 5.69 Å². The zero-order valence-corrected chi connectivity index (χ0v) is 13.7. The van der Waals surface area contributed by atoms with Crippen molar-refractivity contribution in [3.63, 3.8) is 0 Å². The van der Waals surface area contributed by atoms with E-state index in [0.29, 0.717) is 11.5 Å². The lowest BCUT2D eigenvalue weighted by atomic mass is 10.0. The Balaban J connectivity index is 1.41. The summed E-state index contributed by atoms with van der Waals surface area (Å²) in [7, 11) is 1.89. The van der Waals surface area contributed by atoms with Crippen LogP contribution >= 0.6 is 0 Å². The highest BCUT2D eigenvalue weighted by Crippen LogP contribution is 2.38. The molecule has 4 rings (SSSR count). The number of carbonyl (C=O) groups is 2. The number of fused-ring (bicyclic) bond motifs is 2. The van der Waals surface area contributed by atoms with Gasteiger partial charge in [-0.3, -0.25) is 9.59 Å². The van der Waals surface area contributed by atoms with Crippen LogP contribution in [0.2, 0.25) is 0 Å². The molecular formula is C19H21N3O2. The number of hydrogen-bond acceptors (Lipinski definition) is 2. The van der Waals surface area contributed by atoms with Crippen LogP contribution in [-0.2, 0) is 7.05 Å². The monoisotopic (exact) mass is 323 g/mol. The molecule has 24 heavy (non-hydrogen) atoms. The van der Waals surface area contributed by atoms with Gasteiger partial charge in [0.05, 0.1) is 0 Å². The topological polar surface area (TPSA) is 54.3 Å². The smallest absolute Gasteiger partial charge is 0.270 e. The van der Waals surface area contributed by atoms with Crippen LogP contribution in [0.1, 0.15) is 33.7 Å². The number of aromatic nitrogens is 1. The lowest BCUT2D eigenvalue weighted by Gasteiger charge is -2.32. The Morgan fingerprint density at radius 2 is 1.88 bits per heavy atom. The third-order valence-corrected chi connectivity index (χ3v) is 5.32. The molecule has 2 heterocycles. The number of likely N-dealkylation sites (tertiary alicyclic amines) is 1. The number of rotatable bonds is 3. The van der Waals surface area contributed by atoms with Crippen LogP contribution in [0.15, 0.2) is 48.7 Å². The number of benzene rings is 1. The number of nitrogens with one attached hydrogen (secondary N) is 1. The van der Waals surface area contributed by atoms with E-state index < -0.39 is 0 Å². The number of aryl methyl sites for hydroxylation is 1. The van der Waals surface area contributed by atoms with Crippen molar-refractivity contribution in [2.45, 2.75) is 24.9 Å². The molecule has 1 aromatic heterocycles. The highest BCUT2D eigenvalue weighted by atomic mass is 16.2. The standard InChI is InChI=1S/C19H21N3O2/c1-21-9-5-8-17(21)19(24)22-12-14-10-15(22)11-16(14)20-18(23)13-6-3-2-4-7-13/h2-9,14-16H,10-12H2,1H3,(H,20,23)/t14-,15-,16-/m0/s1. The van der Waals surface area contributed by atoms with Crippen molar-refractivity contribution in [3.05, 3.63) is 59.9 Å². The molecule has 1 aliphatic carbocycles. The first-order chi connectivity index (χ1) is 11.6. The molecule has 1 aliphatic heterocycles. The van der Waals surface area contributed by atoms with Crippen LogP contribution in [0.4, 0.5) is 0 Å². The van der Waals surface area contributed by atoms with E-state index in [4.69, 9.17) is 0 Å². The average Bonchev–Trinajstić information content (AvgIpc) is 3.30. The zero-order chi connectivity index (χ0) is 16.7. The van der Waals surface area contributed by atoms with E-state index in [2.05, 4.69) is 5.32 Å². The Morgan fingerprint density at radius 3 is 2.50 bits per heavy atom. The van der Waals surface area contributed by atoms with Crippen molar-refractivity contribution in [1.82, 2.24) is 14.8 Å². The summed E-state index contributed by atoms with van der Waals surface area (Å²) in [5, 5.41) is 3.15. The summed E-state index contributed by atoms with van der Waals surface area (Å²) in [6.07, 6.45) is 3.72. The van der Waals surface area contributed by atoms with E-state index in [9.17, 15) is 9.59 Å². The van der Waals surface area contributed by atoms with Crippen LogP contribution in [0.5, 0.6) is 0 Å². The molecule has 124 valence electrons. The highest BCUT2D eigenvalue weighted by Gasteiger charge is 2.47. The summed E-state index contributed by atoms with van der Waals surface area (Å²) in [6, 6.07) is 13.5. The van der Waals surface area contributed by atoms with E-state index in [1.807, 2.05) is 65.2 Å². The van der Waals surface area contributed by atoms with Gasteiger partial charge < -0.3 is 14.8 Å². The first-order valence-electron chi connectivity index (χ1n) is 8.41. The average molecular weight is 323 g/mol. The number of nitrogens with zero attached hydrogens (tertiary/aromatic N) is 2. The molecule has 2 aliphatic rings. The first-order valence-corrected chi connectivity index (χ1v) is 8.41. The molecule has 1 N–H and O–H groups in total. The van der Waals surface area contributed by atoms with Gasteiger partial charge in [0, 0.05) is 37.4 Å². The molecule has 1 saturated carbocycles. The fraction of sp³-hybridized carbons (Fsp3) is 0.368. The van der Waals surface area contributed by atoms with Crippen molar-refractivity contribution in [3.8, 4) is 0 Å². The summed E-state index contributed by atoms with van der Waals surface area (Å²) < 4.78 is 1.86. The van der Waals surface area contributed by atoms with Crippen molar-refractivity contribution in [1.29, 1.82) is 0 Å². The Morgan fingerprint density at radius 1 is 1.08 bits per heavy atom. The maximum Gasteiger partial charge on any atom is 0.270 e. The van der Waals surface area contributed by atoms with Crippen LogP contribution in [0.25, 0.3) is 0 Å². The van der Waals surface area contributed by atoms with Crippen LogP contribution in [0, 0.1) is 5.92 Å². The summed E-state index contributed by atoms with van der Waals surface area (Å²) in [6.45, 7) is 0.731. The molecule has 1 aromatic carbocycles. The third kappa shape index (κ3) is 2.50. The van der Waals surface area contributed by atoms with Crippen molar-refractivity contribution in [2.24, 2.45) is 13.0 Å². The third-order valence-electron chi connectivity index (χ3n) is 5.32. The molecule has 2 aromatic rings. The molecule has 0 spiro atoms. The molecule has 2 fully saturated rings. The number of piperidine rings is 1. The molecule has 0 radical (unpaired) electrons. The molecule has 1 saturated heterocycles. The van der Waals surface area contributed by atoms with Crippen molar-refractivity contribution >= 4 is 11.8 Å². The van der Waals surface area contributed by atoms with E-state index in [-0.39, 0.29) is 23.9 Å². The van der Waals surface area contributed by atoms with Crippen molar-refractivity contribution < 1.29 is 9.59 Å². The van der Waals surface area contributed by atoms with Crippen LogP contribution in [-0.4, -0.2) is 39.9 Å². The number of hydrogen-bond donors (Lipinski definition) is 1. The van der Waals surface area contributed by atoms with Gasteiger partial charge in [-0.05, 0) is 43.0 Å². The fourth-order valence-corrected chi connectivity index (χ4v) is 4.05. The quantitative estimate of drug-likeness (QED) is 0.940. The lowest BCUT2D eigenvalue weighted by molar-refractivity contribution is 0.0670. The minimum Gasteiger partial charge on any atom is -0.349 e. The Bertz CT molecular complexity index is 768. The predicted octanol–water partition coefficient (Wildman–Crippen LogP) is 2.06. The molecule has 2 bridgehead atoms. The molecule has 2 amide bonds. The van der Waals surface area contributed by atoms with Gasteiger partial charge in [-0.1, -0.05) is 18.2 Å². The molecule has 3 atom stereocenters. The Kier molecular flexibility index (Phi) is 3.63. The molecular weight excluding hydrogens is 302 g/mol. The van der Waals surface area contributed by atoms with Gasteiger partial charge in [-0.25, -0.2) is 0 Å². The van der Waals surface area contributed by atoms with E-state index >= 15 is 0 Å². The summed E-state index contributed by atoms with van der Waals surface area (Å²) in [5.41, 5.74) is 1.42. The van der Waals surface area contributed by atoms with Gasteiger partial charge in [0.15, 0.2) is 0 Å². The van der Waals surface area contributed by atoms with E-state index in [1.165, 1.54) is 0 Å². The molecule has 0 unspecified atom stereocenters. The SMILES string of the molecule is Cn1cccc1C(=O)N1C[C@@H]2C[C@H]1C[C@@H]2NC(=O)c1ccccc1. The minimum absolute atomic E-state index is 0.0199. The van der Waals surface area contributed by atoms with E-state index in [1.54, 1.807) is 0 Å². The van der Waals surface area contributed by atoms with Gasteiger partial charge in [0.2, 0.25) is 0 Å². The summed E-state index contributed by atoms with van der Waals surface area (Å²) >= 11 is 0. The van der Waals surface area contributed by atoms with Crippen LogP contribution in [0.3, 0.4) is 0 Å². The summed E-state index contributed by atoms with van der Waals surface area (Å²) in [4.78, 5) is 27.0. The second-order valence-corrected chi connectivity index (χ2v) is 6.79. The Hall–Kier alpha value is -2.56.